The Kier molecular flexibility index (Phi) is 14.1. The Balaban J connectivity index is 0.869. The number of likely N-dealkylation sites (N-methyl/N-ethyl adjacent to an activating group) is 2. The number of hydrogen-bond acceptors (Lipinski definition) is 8. The van der Waals surface area contributed by atoms with Gasteiger partial charge in [-0.25, -0.2) is 0 Å². The number of amides is 2. The van der Waals surface area contributed by atoms with Crippen molar-refractivity contribution in [1.29, 1.82) is 0 Å². The van der Waals surface area contributed by atoms with E-state index in [4.69, 9.17) is 0 Å². The summed E-state index contributed by atoms with van der Waals surface area (Å²) in [5.41, 5.74) is 8.35. The summed E-state index contributed by atoms with van der Waals surface area (Å²) in [5.74, 6) is 0.0425. The summed E-state index contributed by atoms with van der Waals surface area (Å²) >= 11 is 3.25. The Morgan fingerprint density at radius 1 is 0.725 bits per heavy atom. The number of H-pyrrole nitrogens is 1. The number of nitrogens with zero attached hydrogens (tertiary/aromatic N) is 5. The third-order valence-electron chi connectivity index (χ3n) is 14.9. The van der Waals surface area contributed by atoms with E-state index in [1.54, 1.807) is 22.7 Å². The highest BCUT2D eigenvalue weighted by molar-refractivity contribution is 7.21. The Hall–Kier alpha value is -5.66. The molecule has 2 saturated heterocycles. The molecule has 10 rings (SSSR count). The molecule has 4 aromatic heterocycles. The smallest absolute Gasteiger partial charge is 0.261 e. The molecule has 4 aromatic carbocycles. The Bertz CT molecular complexity index is 3080. The van der Waals surface area contributed by atoms with E-state index < -0.39 is 0 Å². The molecule has 3 unspecified atom stereocenters. The molecule has 8 aromatic rings. The molecule has 2 amide bonds. The van der Waals surface area contributed by atoms with Crippen molar-refractivity contribution in [2.45, 2.75) is 90.4 Å². The van der Waals surface area contributed by atoms with Gasteiger partial charge < -0.3 is 34.9 Å². The zero-order valence-corrected chi connectivity index (χ0v) is 42.7. The molecule has 12 heteroatoms. The molecule has 0 aliphatic carbocycles. The molecule has 2 aliphatic heterocycles. The highest BCUT2D eigenvalue weighted by atomic mass is 32.1. The van der Waals surface area contributed by atoms with Crippen LogP contribution in [0.1, 0.15) is 94.6 Å². The second-order valence-corrected chi connectivity index (χ2v) is 21.8. The van der Waals surface area contributed by atoms with Crippen LogP contribution in [0.3, 0.4) is 0 Å². The minimum atomic E-state index is 0.000998. The van der Waals surface area contributed by atoms with Gasteiger partial charge in [0.15, 0.2) is 0 Å². The van der Waals surface area contributed by atoms with Crippen LogP contribution in [0, 0.1) is 6.92 Å². The molecule has 2 fully saturated rings. The lowest BCUT2D eigenvalue weighted by Gasteiger charge is -2.41. The number of hydrogen-bond donors (Lipinski definition) is 3. The van der Waals surface area contributed by atoms with Gasteiger partial charge in [0.1, 0.15) is 6.17 Å². The molecule has 0 spiro atoms. The molecule has 69 heavy (non-hydrogen) atoms. The largest absolute Gasteiger partial charge is 0.369 e. The number of thiophene rings is 2. The van der Waals surface area contributed by atoms with E-state index in [-0.39, 0.29) is 30.1 Å². The van der Waals surface area contributed by atoms with Crippen molar-refractivity contribution in [2.24, 2.45) is 0 Å². The lowest BCUT2D eigenvalue weighted by Crippen LogP contribution is -2.48. The second kappa shape index (κ2) is 20.7. The number of aromatic nitrogens is 2. The van der Waals surface area contributed by atoms with Gasteiger partial charge in [-0.1, -0.05) is 94.1 Å². The molecule has 0 saturated carbocycles. The fraction of sp³-hybridized carbons (Fsp3) is 0.404. The first-order valence-electron chi connectivity index (χ1n) is 25.3. The molecule has 2 aliphatic rings. The van der Waals surface area contributed by atoms with E-state index in [1.165, 1.54) is 48.9 Å². The van der Waals surface area contributed by atoms with Gasteiger partial charge in [-0.2, -0.15) is 0 Å². The van der Waals surface area contributed by atoms with Gasteiger partial charge in [0.2, 0.25) is 0 Å². The van der Waals surface area contributed by atoms with Crippen LogP contribution in [0.25, 0.3) is 42.0 Å². The number of nitrogens with one attached hydrogen (secondary N) is 3. The zero-order chi connectivity index (χ0) is 47.6. The van der Waals surface area contributed by atoms with Crippen molar-refractivity contribution in [1.82, 2.24) is 30.0 Å². The molecule has 3 atom stereocenters. The van der Waals surface area contributed by atoms with E-state index in [9.17, 15) is 9.59 Å². The third kappa shape index (κ3) is 9.91. The Morgan fingerprint density at radius 2 is 1.43 bits per heavy atom. The number of piperazine rings is 2. The van der Waals surface area contributed by atoms with Crippen LogP contribution in [0.2, 0.25) is 0 Å². The third-order valence-corrected chi connectivity index (χ3v) is 17.4. The topological polar surface area (TPSA) is 91.9 Å². The maximum atomic E-state index is 14.3. The number of carbonyl (C=O) groups excluding carboxylic acids is 2. The van der Waals surface area contributed by atoms with Gasteiger partial charge in [-0.3, -0.25) is 14.5 Å². The van der Waals surface area contributed by atoms with E-state index in [0.29, 0.717) is 0 Å². The average Bonchev–Trinajstić information content (AvgIpc) is 4.16. The number of unbranched alkanes of at least 4 members (excludes halogenated alkanes) is 2. The summed E-state index contributed by atoms with van der Waals surface area (Å²) in [4.78, 5) is 43.2. The molecular weight excluding hydrogens is 893 g/mol. The van der Waals surface area contributed by atoms with Crippen LogP contribution in [0.4, 0.5) is 11.4 Å². The fourth-order valence-electron chi connectivity index (χ4n) is 10.9. The van der Waals surface area contributed by atoms with Crippen molar-refractivity contribution < 1.29 is 9.59 Å². The quantitative estimate of drug-likeness (QED) is 0.0842. The average molecular weight is 961 g/mol. The maximum Gasteiger partial charge on any atom is 0.261 e. The fourth-order valence-corrected chi connectivity index (χ4v) is 13.1. The van der Waals surface area contributed by atoms with Crippen LogP contribution in [-0.2, 0) is 12.8 Å². The predicted molar refractivity (Wildman–Crippen MR) is 291 cm³/mol. The predicted octanol–water partition coefficient (Wildman–Crippen LogP) is 11.6. The number of aromatic amines is 1. The number of fused-ring (bicyclic) bond motifs is 4. The van der Waals surface area contributed by atoms with Gasteiger partial charge in [-0.05, 0) is 111 Å². The summed E-state index contributed by atoms with van der Waals surface area (Å²) in [5, 5.41) is 11.8. The van der Waals surface area contributed by atoms with Crippen molar-refractivity contribution in [2.75, 3.05) is 69.7 Å². The van der Waals surface area contributed by atoms with Gasteiger partial charge in [0.25, 0.3) is 11.8 Å². The highest BCUT2D eigenvalue weighted by Crippen LogP contribution is 2.38. The van der Waals surface area contributed by atoms with Crippen molar-refractivity contribution in [3.8, 4) is 0 Å². The number of anilines is 2. The monoisotopic (exact) mass is 960 g/mol. The number of para-hydroxylation sites is 2. The van der Waals surface area contributed by atoms with E-state index in [0.717, 1.165) is 128 Å². The minimum Gasteiger partial charge on any atom is -0.369 e. The van der Waals surface area contributed by atoms with E-state index in [1.807, 2.05) is 0 Å². The van der Waals surface area contributed by atoms with Crippen LogP contribution in [0.15, 0.2) is 103 Å². The maximum absolute atomic E-state index is 14.3. The lowest BCUT2D eigenvalue weighted by molar-refractivity contribution is 0.0929. The second-order valence-electron chi connectivity index (χ2n) is 19.7. The molecule has 0 bridgehead atoms. The van der Waals surface area contributed by atoms with E-state index >= 15 is 0 Å². The van der Waals surface area contributed by atoms with Crippen LogP contribution >= 0.6 is 22.7 Å². The van der Waals surface area contributed by atoms with Gasteiger partial charge in [-0.15, -0.1) is 22.7 Å². The number of carbonyl (C=O) groups is 2. The van der Waals surface area contributed by atoms with Crippen molar-refractivity contribution >= 4 is 87.8 Å². The normalized spacial score (nSPS) is 17.1. The summed E-state index contributed by atoms with van der Waals surface area (Å²) in [6.07, 6.45) is 12.2. The summed E-state index contributed by atoms with van der Waals surface area (Å²) < 4.78 is 4.81. The van der Waals surface area contributed by atoms with Gasteiger partial charge >= 0.3 is 0 Å². The molecule has 10 nitrogen and oxygen atoms in total. The zero-order valence-electron chi connectivity index (χ0n) is 41.0. The number of rotatable bonds is 17. The van der Waals surface area contributed by atoms with Gasteiger partial charge in [0, 0.05) is 95.9 Å². The number of benzene rings is 4. The molecular formula is C57H68N8O2S2. The first kappa shape index (κ1) is 47.0. The molecule has 0 radical (unpaired) electrons. The van der Waals surface area contributed by atoms with Crippen molar-refractivity contribution in [3.63, 3.8) is 0 Å². The lowest BCUT2D eigenvalue weighted by atomic mass is 10.00. The van der Waals surface area contributed by atoms with Crippen molar-refractivity contribution in [3.05, 3.63) is 130 Å². The first-order chi connectivity index (χ1) is 33.6. The Labute approximate surface area is 415 Å². The van der Waals surface area contributed by atoms with Crippen LogP contribution < -0.4 is 20.4 Å². The minimum absolute atomic E-state index is 0.000998. The summed E-state index contributed by atoms with van der Waals surface area (Å²) in [6.45, 7) is 13.3. The van der Waals surface area contributed by atoms with Crippen LogP contribution in [0.5, 0.6) is 0 Å². The molecule has 360 valence electrons. The van der Waals surface area contributed by atoms with Crippen LogP contribution in [-0.4, -0.2) is 103 Å². The van der Waals surface area contributed by atoms with Gasteiger partial charge in [0.05, 0.1) is 26.7 Å². The number of aryl methyl sites for hydroxylation is 1. The SMILES string of the molecule is CCCCC(Cc1c[nH]c2ccccc12)NC(=O)c1cc2cccc(N3CCN(C)C(n4cc(CC(CCCC)NC(=O)c5sc6cc(N7CCN(C)CC7)ccc6c5C)c5ccccc54)C3)c2s1. The molecule has 6 heterocycles. The molecule has 3 N–H and O–H groups in total. The van der Waals surface area contributed by atoms with E-state index in [2.05, 4.69) is 178 Å². The summed E-state index contributed by atoms with van der Waals surface area (Å²) in [6, 6.07) is 32.6. The Morgan fingerprint density at radius 3 is 2.22 bits per heavy atom. The first-order valence-corrected chi connectivity index (χ1v) is 27.0. The highest BCUT2D eigenvalue weighted by Gasteiger charge is 2.30. The standard InChI is InChI=1S/C57H68N8O2S2/c1-6-8-16-42(31-40-35-58-48-20-12-10-18-46(40)48)59-56(66)52-33-39-15-14-22-50(55(39)69-52)64-30-27-62(5)53(37-64)65-36-41(47-19-11-13-21-49(47)65)32-43(17-9-7-2)60-57(67)54-38(3)45-24-23-44(34-51(45)68-54)63-28-25-61(4)26-29-63/h10-15,18-24,33-36,42-43,53,58H,6-9,16-17,25-32,37H2,1-5H3,(H,59,66)(H,60,67). The summed E-state index contributed by atoms with van der Waals surface area (Å²) in [7, 11) is 4.43.